The molecule has 0 aliphatic heterocycles. The van der Waals surface area contributed by atoms with Gasteiger partial charge in [-0.05, 0) is 61.9 Å². The molecule has 1 saturated carbocycles. The van der Waals surface area contributed by atoms with Crippen LogP contribution in [0.25, 0.3) is 0 Å². The van der Waals surface area contributed by atoms with Crippen LogP contribution in [0.3, 0.4) is 0 Å². The van der Waals surface area contributed by atoms with Crippen LogP contribution < -0.4 is 5.32 Å². The average Bonchev–Trinajstić information content (AvgIpc) is 3.40. The predicted molar refractivity (Wildman–Crippen MR) is 100 cm³/mol. The molecular weight excluding hydrogens is 313 g/mol. The Balaban J connectivity index is 1.64. The molecule has 1 unspecified atom stereocenters. The van der Waals surface area contributed by atoms with E-state index in [1.807, 2.05) is 6.07 Å². The van der Waals surface area contributed by atoms with Gasteiger partial charge in [0, 0.05) is 18.0 Å². The van der Waals surface area contributed by atoms with E-state index in [1.54, 1.807) is 12.1 Å². The van der Waals surface area contributed by atoms with Gasteiger partial charge in [-0.1, -0.05) is 36.4 Å². The molecule has 0 aromatic heterocycles. The molecule has 1 N–H and O–H groups in total. The predicted octanol–water partition coefficient (Wildman–Crippen LogP) is 4.74. The van der Waals surface area contributed by atoms with E-state index in [0.29, 0.717) is 18.8 Å². The maximum atomic E-state index is 13.8. The fourth-order valence-corrected chi connectivity index (χ4v) is 3.43. The monoisotopic (exact) mass is 341 g/mol. The van der Waals surface area contributed by atoms with Crippen molar-refractivity contribution < 1.29 is 9.13 Å². The Bertz CT molecular complexity index is 676. The summed E-state index contributed by atoms with van der Waals surface area (Å²) in [5.41, 5.74) is 4.58. The maximum absolute atomic E-state index is 13.8. The summed E-state index contributed by atoms with van der Waals surface area (Å²) in [6.45, 7) is 7.23. The molecular formula is C22H28FNO. The molecule has 2 aromatic rings. The normalized spacial score (nSPS) is 15.3. The van der Waals surface area contributed by atoms with E-state index in [1.165, 1.54) is 35.6 Å². The minimum Gasteiger partial charge on any atom is -0.376 e. The summed E-state index contributed by atoms with van der Waals surface area (Å²) in [6, 6.07) is 13.2. The van der Waals surface area contributed by atoms with Crippen molar-refractivity contribution in [3.63, 3.8) is 0 Å². The number of nitrogens with one attached hydrogen (secondary N) is 1. The molecule has 3 heteroatoms. The van der Waals surface area contributed by atoms with Gasteiger partial charge in [-0.15, -0.1) is 0 Å². The zero-order valence-corrected chi connectivity index (χ0v) is 15.2. The number of benzene rings is 2. The highest BCUT2D eigenvalue weighted by atomic mass is 19.1. The van der Waals surface area contributed by atoms with Gasteiger partial charge in [0.15, 0.2) is 0 Å². The van der Waals surface area contributed by atoms with E-state index in [9.17, 15) is 4.39 Å². The molecule has 25 heavy (non-hydrogen) atoms. The van der Waals surface area contributed by atoms with Gasteiger partial charge in [0.05, 0.1) is 13.2 Å². The first-order valence-corrected chi connectivity index (χ1v) is 9.23. The second kappa shape index (κ2) is 8.59. The van der Waals surface area contributed by atoms with E-state index in [0.717, 1.165) is 19.0 Å². The standard InChI is InChI=1S/C22H28FNO/c1-16-6-5-7-17(2)22(16)20(13-24-12-18-10-11-18)15-25-14-19-8-3-4-9-21(19)23/h3-9,18,20,24H,10-15H2,1-2H3. The van der Waals surface area contributed by atoms with E-state index < -0.39 is 0 Å². The van der Waals surface area contributed by atoms with Crippen molar-refractivity contribution in [2.45, 2.75) is 39.2 Å². The first-order valence-electron chi connectivity index (χ1n) is 9.23. The van der Waals surface area contributed by atoms with Crippen LogP contribution in [0, 0.1) is 25.6 Å². The van der Waals surface area contributed by atoms with Crippen molar-refractivity contribution in [3.8, 4) is 0 Å². The summed E-state index contributed by atoms with van der Waals surface area (Å²) in [5, 5.41) is 3.61. The van der Waals surface area contributed by atoms with Crippen molar-refractivity contribution in [2.24, 2.45) is 5.92 Å². The third kappa shape index (κ3) is 5.13. The van der Waals surface area contributed by atoms with Gasteiger partial charge in [-0.3, -0.25) is 0 Å². The summed E-state index contributed by atoms with van der Waals surface area (Å²) < 4.78 is 19.7. The quantitative estimate of drug-likeness (QED) is 0.711. The minimum atomic E-state index is -0.196. The lowest BCUT2D eigenvalue weighted by Gasteiger charge is -2.22. The molecule has 2 nitrogen and oxygen atoms in total. The lowest BCUT2D eigenvalue weighted by atomic mass is 9.91. The van der Waals surface area contributed by atoms with Gasteiger partial charge < -0.3 is 10.1 Å². The molecule has 1 aliphatic carbocycles. The Hall–Kier alpha value is -1.71. The third-order valence-electron chi connectivity index (χ3n) is 5.01. The van der Waals surface area contributed by atoms with Crippen molar-refractivity contribution in [1.82, 2.24) is 5.32 Å². The topological polar surface area (TPSA) is 21.3 Å². The molecule has 134 valence electrons. The zero-order valence-electron chi connectivity index (χ0n) is 15.2. The number of halogens is 1. The van der Waals surface area contributed by atoms with Crippen LogP contribution in [0.5, 0.6) is 0 Å². The fraction of sp³-hybridized carbons (Fsp3) is 0.455. The molecule has 0 radical (unpaired) electrons. The van der Waals surface area contributed by atoms with Crippen LogP contribution in [-0.2, 0) is 11.3 Å². The van der Waals surface area contributed by atoms with E-state index >= 15 is 0 Å². The molecule has 1 aliphatic rings. The summed E-state index contributed by atoms with van der Waals surface area (Å²) in [4.78, 5) is 0. The summed E-state index contributed by atoms with van der Waals surface area (Å²) in [7, 11) is 0. The van der Waals surface area contributed by atoms with E-state index in [2.05, 4.69) is 37.4 Å². The van der Waals surface area contributed by atoms with Gasteiger partial charge >= 0.3 is 0 Å². The first-order chi connectivity index (χ1) is 12.1. The van der Waals surface area contributed by atoms with Crippen LogP contribution in [-0.4, -0.2) is 19.7 Å². The largest absolute Gasteiger partial charge is 0.376 e. The number of rotatable bonds is 9. The molecule has 0 amide bonds. The fourth-order valence-electron chi connectivity index (χ4n) is 3.43. The lowest BCUT2D eigenvalue weighted by molar-refractivity contribution is 0.104. The zero-order chi connectivity index (χ0) is 17.6. The summed E-state index contributed by atoms with van der Waals surface area (Å²) >= 11 is 0. The molecule has 0 spiro atoms. The average molecular weight is 341 g/mol. The smallest absolute Gasteiger partial charge is 0.128 e. The lowest BCUT2D eigenvalue weighted by Crippen LogP contribution is -2.27. The van der Waals surface area contributed by atoms with Crippen molar-refractivity contribution >= 4 is 0 Å². The van der Waals surface area contributed by atoms with Gasteiger partial charge in [0.25, 0.3) is 0 Å². The van der Waals surface area contributed by atoms with Crippen LogP contribution in [0.2, 0.25) is 0 Å². The molecule has 0 heterocycles. The van der Waals surface area contributed by atoms with Gasteiger partial charge in [0.1, 0.15) is 5.82 Å². The van der Waals surface area contributed by atoms with Crippen LogP contribution >= 0.6 is 0 Å². The Kier molecular flexibility index (Phi) is 6.22. The third-order valence-corrected chi connectivity index (χ3v) is 5.01. The molecule has 0 bridgehead atoms. The minimum absolute atomic E-state index is 0.196. The molecule has 3 rings (SSSR count). The van der Waals surface area contributed by atoms with Crippen molar-refractivity contribution in [2.75, 3.05) is 19.7 Å². The molecule has 2 aromatic carbocycles. The first kappa shape index (κ1) is 18.1. The highest BCUT2D eigenvalue weighted by Gasteiger charge is 2.22. The SMILES string of the molecule is Cc1cccc(C)c1C(CNCC1CC1)COCc1ccccc1F. The van der Waals surface area contributed by atoms with Gasteiger partial charge in [0.2, 0.25) is 0 Å². The summed E-state index contributed by atoms with van der Waals surface area (Å²) in [6.07, 6.45) is 2.70. The van der Waals surface area contributed by atoms with Crippen LogP contribution in [0.4, 0.5) is 4.39 Å². The van der Waals surface area contributed by atoms with E-state index in [-0.39, 0.29) is 11.7 Å². The van der Waals surface area contributed by atoms with Crippen LogP contribution in [0.1, 0.15) is 41.0 Å². The number of hydrogen-bond acceptors (Lipinski definition) is 2. The van der Waals surface area contributed by atoms with Crippen LogP contribution in [0.15, 0.2) is 42.5 Å². The molecule has 1 fully saturated rings. The van der Waals surface area contributed by atoms with Gasteiger partial charge in [-0.25, -0.2) is 4.39 Å². The number of hydrogen-bond donors (Lipinski definition) is 1. The second-order valence-electron chi connectivity index (χ2n) is 7.21. The van der Waals surface area contributed by atoms with Crippen molar-refractivity contribution in [3.05, 3.63) is 70.5 Å². The molecule has 1 atom stereocenters. The highest BCUT2D eigenvalue weighted by Crippen LogP contribution is 2.28. The summed E-state index contributed by atoms with van der Waals surface area (Å²) in [5.74, 6) is 0.947. The Labute approximate surface area is 150 Å². The molecule has 0 saturated heterocycles. The maximum Gasteiger partial charge on any atom is 0.128 e. The highest BCUT2D eigenvalue weighted by molar-refractivity contribution is 5.37. The Morgan fingerprint density at radius 1 is 1.08 bits per heavy atom. The Morgan fingerprint density at radius 2 is 1.80 bits per heavy atom. The van der Waals surface area contributed by atoms with E-state index in [4.69, 9.17) is 4.74 Å². The second-order valence-corrected chi connectivity index (χ2v) is 7.21. The van der Waals surface area contributed by atoms with Crippen molar-refractivity contribution in [1.29, 1.82) is 0 Å². The Morgan fingerprint density at radius 3 is 2.48 bits per heavy atom. The number of aryl methyl sites for hydroxylation is 2. The van der Waals surface area contributed by atoms with Gasteiger partial charge in [-0.2, -0.15) is 0 Å². The number of ether oxygens (including phenoxy) is 1.